The molecule has 1 N–H and O–H groups in total. The molecule has 2 atom stereocenters. The number of halogens is 6. The quantitative estimate of drug-likeness (QED) is 0.767. The lowest BCUT2D eigenvalue weighted by molar-refractivity contribution is -0.333. The van der Waals surface area contributed by atoms with Crippen molar-refractivity contribution >= 4 is 0 Å². The molecule has 0 aliphatic rings. The SMILES string of the molecule is CC(OC(C(F)(F)F)C(F)(F)F)[C@@H](C)O. The van der Waals surface area contributed by atoms with E-state index in [1.165, 1.54) is 0 Å². The van der Waals surface area contributed by atoms with Crippen LogP contribution < -0.4 is 0 Å². The van der Waals surface area contributed by atoms with E-state index in [0.717, 1.165) is 13.8 Å². The van der Waals surface area contributed by atoms with Gasteiger partial charge in [0, 0.05) is 0 Å². The first-order chi connectivity index (χ1) is 6.46. The lowest BCUT2D eigenvalue weighted by atomic mass is 10.2. The summed E-state index contributed by atoms with van der Waals surface area (Å²) in [7, 11) is 0. The lowest BCUT2D eigenvalue weighted by Gasteiger charge is -2.27. The molecule has 0 spiro atoms. The zero-order valence-electron chi connectivity index (χ0n) is 7.86. The maximum absolute atomic E-state index is 11.9. The van der Waals surface area contributed by atoms with Gasteiger partial charge in [0.15, 0.2) is 0 Å². The van der Waals surface area contributed by atoms with E-state index in [9.17, 15) is 26.3 Å². The maximum atomic E-state index is 11.9. The van der Waals surface area contributed by atoms with E-state index in [1.807, 2.05) is 0 Å². The van der Waals surface area contributed by atoms with Crippen molar-refractivity contribution in [2.75, 3.05) is 0 Å². The third kappa shape index (κ3) is 4.70. The van der Waals surface area contributed by atoms with E-state index in [2.05, 4.69) is 4.74 Å². The maximum Gasteiger partial charge on any atom is 0.423 e. The molecule has 0 aromatic carbocycles. The normalized spacial score (nSPS) is 18.0. The zero-order chi connectivity index (χ0) is 12.4. The largest absolute Gasteiger partial charge is 0.423 e. The highest BCUT2D eigenvalue weighted by Crippen LogP contribution is 2.36. The van der Waals surface area contributed by atoms with Crippen molar-refractivity contribution in [1.29, 1.82) is 0 Å². The van der Waals surface area contributed by atoms with Gasteiger partial charge >= 0.3 is 12.4 Å². The molecular formula is C7H10F6O2. The van der Waals surface area contributed by atoms with E-state index in [-0.39, 0.29) is 0 Å². The van der Waals surface area contributed by atoms with Crippen LogP contribution in [0, 0.1) is 0 Å². The van der Waals surface area contributed by atoms with E-state index in [4.69, 9.17) is 5.11 Å². The summed E-state index contributed by atoms with van der Waals surface area (Å²) in [6.45, 7) is 1.96. The summed E-state index contributed by atoms with van der Waals surface area (Å²) >= 11 is 0. The highest BCUT2D eigenvalue weighted by atomic mass is 19.4. The van der Waals surface area contributed by atoms with Gasteiger partial charge in [-0.3, -0.25) is 0 Å². The van der Waals surface area contributed by atoms with Crippen molar-refractivity contribution in [1.82, 2.24) is 0 Å². The topological polar surface area (TPSA) is 29.5 Å². The molecule has 0 radical (unpaired) electrons. The van der Waals surface area contributed by atoms with Crippen LogP contribution in [0.15, 0.2) is 0 Å². The highest BCUT2D eigenvalue weighted by Gasteiger charge is 2.58. The van der Waals surface area contributed by atoms with Gasteiger partial charge in [-0.15, -0.1) is 0 Å². The molecule has 0 rings (SSSR count). The van der Waals surface area contributed by atoms with Crippen LogP contribution in [0.25, 0.3) is 0 Å². The fourth-order valence-electron chi connectivity index (χ4n) is 0.668. The molecule has 0 aromatic rings. The third-order valence-corrected chi connectivity index (χ3v) is 1.62. The minimum atomic E-state index is -5.54. The number of ether oxygens (including phenoxy) is 1. The number of hydrogen-bond acceptors (Lipinski definition) is 2. The minimum Gasteiger partial charge on any atom is -0.391 e. The average molecular weight is 240 g/mol. The van der Waals surface area contributed by atoms with Gasteiger partial charge in [-0.25, -0.2) is 0 Å². The molecule has 0 saturated heterocycles. The van der Waals surface area contributed by atoms with Crippen molar-refractivity contribution in [3.63, 3.8) is 0 Å². The Bertz CT molecular complexity index is 183. The Morgan fingerprint density at radius 1 is 0.933 bits per heavy atom. The Balaban J connectivity index is 4.69. The Labute approximate surface area is 81.8 Å². The summed E-state index contributed by atoms with van der Waals surface area (Å²) in [6.07, 6.45) is -17.9. The molecule has 0 bridgehead atoms. The molecule has 0 aromatic heterocycles. The number of aliphatic hydroxyl groups is 1. The van der Waals surface area contributed by atoms with Gasteiger partial charge in [0.1, 0.15) is 0 Å². The van der Waals surface area contributed by atoms with Gasteiger partial charge in [-0.05, 0) is 13.8 Å². The molecule has 0 fully saturated rings. The van der Waals surface area contributed by atoms with Crippen LogP contribution in [0.4, 0.5) is 26.3 Å². The van der Waals surface area contributed by atoms with Crippen molar-refractivity contribution < 1.29 is 36.2 Å². The van der Waals surface area contributed by atoms with Gasteiger partial charge in [-0.2, -0.15) is 26.3 Å². The Morgan fingerprint density at radius 3 is 1.47 bits per heavy atom. The lowest BCUT2D eigenvalue weighted by Crippen LogP contribution is -2.47. The Hall–Kier alpha value is -0.500. The van der Waals surface area contributed by atoms with Crippen molar-refractivity contribution in [2.45, 2.75) is 44.5 Å². The second kappa shape index (κ2) is 4.56. The molecule has 2 nitrogen and oxygen atoms in total. The summed E-state index contributed by atoms with van der Waals surface area (Å²) < 4.78 is 75.2. The van der Waals surface area contributed by atoms with Gasteiger partial charge in [0.2, 0.25) is 6.10 Å². The van der Waals surface area contributed by atoms with E-state index in [0.29, 0.717) is 0 Å². The van der Waals surface area contributed by atoms with Crippen LogP contribution in [-0.4, -0.2) is 35.8 Å². The van der Waals surface area contributed by atoms with Crippen molar-refractivity contribution in [2.24, 2.45) is 0 Å². The average Bonchev–Trinajstić information content (AvgIpc) is 1.94. The first kappa shape index (κ1) is 14.5. The standard InChI is InChI=1S/C7H10F6O2/c1-3(14)4(2)15-5(6(8,9)10)7(11,12)13/h3-5,14H,1-2H3/t3-,4?/m1/s1. The number of aliphatic hydroxyl groups excluding tert-OH is 1. The summed E-state index contributed by atoms with van der Waals surface area (Å²) in [5.41, 5.74) is 0. The van der Waals surface area contributed by atoms with E-state index < -0.39 is 30.7 Å². The molecule has 92 valence electrons. The first-order valence-corrected chi connectivity index (χ1v) is 3.93. The summed E-state index contributed by atoms with van der Waals surface area (Å²) in [5.74, 6) is 0. The molecule has 0 saturated carbocycles. The van der Waals surface area contributed by atoms with Crippen molar-refractivity contribution in [3.8, 4) is 0 Å². The fourth-order valence-corrected chi connectivity index (χ4v) is 0.668. The number of alkyl halides is 6. The smallest absolute Gasteiger partial charge is 0.391 e. The van der Waals surface area contributed by atoms with Gasteiger partial charge in [0.05, 0.1) is 12.2 Å². The minimum absolute atomic E-state index is 0.926. The fraction of sp³-hybridized carbons (Fsp3) is 1.00. The van der Waals surface area contributed by atoms with Crippen LogP contribution in [0.2, 0.25) is 0 Å². The second-order valence-electron chi connectivity index (χ2n) is 3.05. The predicted octanol–water partition coefficient (Wildman–Crippen LogP) is 2.27. The summed E-state index contributed by atoms with van der Waals surface area (Å²) in [6, 6.07) is 0. The second-order valence-corrected chi connectivity index (χ2v) is 3.05. The Morgan fingerprint density at radius 2 is 1.27 bits per heavy atom. The molecule has 0 amide bonds. The third-order valence-electron chi connectivity index (χ3n) is 1.62. The summed E-state index contributed by atoms with van der Waals surface area (Å²) in [4.78, 5) is 0. The van der Waals surface area contributed by atoms with Gasteiger partial charge in [-0.1, -0.05) is 0 Å². The van der Waals surface area contributed by atoms with Crippen LogP contribution in [0.1, 0.15) is 13.8 Å². The number of hydrogen-bond donors (Lipinski definition) is 1. The predicted molar refractivity (Wildman–Crippen MR) is 38.1 cm³/mol. The molecule has 15 heavy (non-hydrogen) atoms. The molecular weight excluding hydrogens is 230 g/mol. The molecule has 0 aliphatic heterocycles. The van der Waals surface area contributed by atoms with Crippen LogP contribution in [-0.2, 0) is 4.74 Å². The first-order valence-electron chi connectivity index (χ1n) is 3.93. The van der Waals surface area contributed by atoms with Gasteiger partial charge < -0.3 is 9.84 Å². The zero-order valence-corrected chi connectivity index (χ0v) is 7.86. The summed E-state index contributed by atoms with van der Waals surface area (Å²) in [5, 5.41) is 8.74. The van der Waals surface area contributed by atoms with Crippen LogP contribution >= 0.6 is 0 Å². The van der Waals surface area contributed by atoms with Crippen LogP contribution in [0.3, 0.4) is 0 Å². The van der Waals surface area contributed by atoms with Crippen LogP contribution in [0.5, 0.6) is 0 Å². The molecule has 0 aliphatic carbocycles. The van der Waals surface area contributed by atoms with E-state index >= 15 is 0 Å². The molecule has 8 heteroatoms. The number of rotatable bonds is 3. The van der Waals surface area contributed by atoms with Crippen molar-refractivity contribution in [3.05, 3.63) is 0 Å². The Kier molecular flexibility index (Phi) is 4.41. The monoisotopic (exact) mass is 240 g/mol. The van der Waals surface area contributed by atoms with E-state index in [1.54, 1.807) is 0 Å². The highest BCUT2D eigenvalue weighted by molar-refractivity contribution is 4.78. The molecule has 1 unspecified atom stereocenters. The molecule has 0 heterocycles. The van der Waals surface area contributed by atoms with Gasteiger partial charge in [0.25, 0.3) is 0 Å².